The summed E-state index contributed by atoms with van der Waals surface area (Å²) < 4.78 is 0. The summed E-state index contributed by atoms with van der Waals surface area (Å²) in [5.41, 5.74) is 2.58. The number of nitrogens with zero attached hydrogens (tertiary/aromatic N) is 3. The van der Waals surface area contributed by atoms with Crippen molar-refractivity contribution in [3.05, 3.63) is 47.2 Å². The van der Waals surface area contributed by atoms with Gasteiger partial charge in [0.05, 0.1) is 11.4 Å². The number of hydrogen-bond acceptors (Lipinski definition) is 5. The van der Waals surface area contributed by atoms with Crippen LogP contribution in [0.25, 0.3) is 0 Å². The number of nitrogens with one attached hydrogen (secondary N) is 1. The predicted molar refractivity (Wildman–Crippen MR) is 70.0 cm³/mol. The van der Waals surface area contributed by atoms with E-state index >= 15 is 0 Å². The highest BCUT2D eigenvalue weighted by Gasteiger charge is 2.05. The molecule has 0 unspecified atom stereocenters. The third-order valence-electron chi connectivity index (χ3n) is 2.58. The molecule has 0 bridgehead atoms. The summed E-state index contributed by atoms with van der Waals surface area (Å²) in [6.45, 7) is 4.27. The van der Waals surface area contributed by atoms with E-state index in [4.69, 9.17) is 5.11 Å². The number of aromatic carboxylic acids is 1. The van der Waals surface area contributed by atoms with Crippen LogP contribution in [0.3, 0.4) is 0 Å². The molecule has 2 heterocycles. The van der Waals surface area contributed by atoms with Crippen LogP contribution in [-0.4, -0.2) is 26.0 Å². The molecule has 98 valence electrons. The zero-order valence-corrected chi connectivity index (χ0v) is 10.7. The van der Waals surface area contributed by atoms with Gasteiger partial charge < -0.3 is 10.4 Å². The molecule has 19 heavy (non-hydrogen) atoms. The summed E-state index contributed by atoms with van der Waals surface area (Å²) in [6, 6.07) is 3.20. The molecule has 0 aliphatic heterocycles. The minimum Gasteiger partial charge on any atom is -0.477 e. The van der Waals surface area contributed by atoms with E-state index in [-0.39, 0.29) is 5.69 Å². The minimum absolute atomic E-state index is 0.0373. The number of aromatic nitrogens is 3. The molecule has 0 saturated carbocycles. The Labute approximate surface area is 110 Å². The summed E-state index contributed by atoms with van der Waals surface area (Å²) in [4.78, 5) is 23.1. The number of carbonyl (C=O) groups is 1. The van der Waals surface area contributed by atoms with Gasteiger partial charge in [-0.3, -0.25) is 4.98 Å². The molecule has 0 fully saturated rings. The van der Waals surface area contributed by atoms with Crippen molar-refractivity contribution >= 4 is 11.8 Å². The third kappa shape index (κ3) is 3.25. The number of rotatable bonds is 4. The molecule has 2 rings (SSSR count). The van der Waals surface area contributed by atoms with E-state index in [1.54, 1.807) is 12.3 Å². The normalized spacial score (nSPS) is 10.2. The molecule has 0 spiro atoms. The van der Waals surface area contributed by atoms with E-state index in [0.29, 0.717) is 6.54 Å². The number of hydrogen-bond donors (Lipinski definition) is 2. The summed E-state index contributed by atoms with van der Waals surface area (Å²) in [5, 5.41) is 11.9. The summed E-state index contributed by atoms with van der Waals surface area (Å²) in [7, 11) is 0. The van der Waals surface area contributed by atoms with Crippen LogP contribution in [0, 0.1) is 13.8 Å². The lowest BCUT2D eigenvalue weighted by Gasteiger charge is -2.08. The smallest absolute Gasteiger partial charge is 0.354 e. The Morgan fingerprint density at radius 2 is 2.05 bits per heavy atom. The molecule has 6 heteroatoms. The fraction of sp³-hybridized carbons (Fsp3) is 0.231. The van der Waals surface area contributed by atoms with Gasteiger partial charge in [0.15, 0.2) is 0 Å². The largest absolute Gasteiger partial charge is 0.477 e. The lowest BCUT2D eigenvalue weighted by molar-refractivity contribution is 0.0690. The van der Waals surface area contributed by atoms with Gasteiger partial charge in [0.25, 0.3) is 0 Å². The van der Waals surface area contributed by atoms with Crippen molar-refractivity contribution in [3.8, 4) is 0 Å². The van der Waals surface area contributed by atoms with Crippen LogP contribution < -0.4 is 5.32 Å². The highest BCUT2D eigenvalue weighted by atomic mass is 16.4. The van der Waals surface area contributed by atoms with Crippen molar-refractivity contribution in [3.63, 3.8) is 0 Å². The summed E-state index contributed by atoms with van der Waals surface area (Å²) >= 11 is 0. The Kier molecular flexibility index (Phi) is 3.70. The van der Waals surface area contributed by atoms with Gasteiger partial charge in [0.1, 0.15) is 11.5 Å². The van der Waals surface area contributed by atoms with E-state index in [9.17, 15) is 4.79 Å². The maximum Gasteiger partial charge on any atom is 0.354 e. The first-order valence-corrected chi connectivity index (χ1v) is 5.78. The Morgan fingerprint density at radius 1 is 1.26 bits per heavy atom. The Bertz CT molecular complexity index is 596. The Morgan fingerprint density at radius 3 is 2.68 bits per heavy atom. The van der Waals surface area contributed by atoms with Crippen LogP contribution in [0.15, 0.2) is 24.5 Å². The molecule has 0 amide bonds. The number of carboxylic acid groups (broad SMARTS) is 1. The topological polar surface area (TPSA) is 88.0 Å². The molecule has 2 N–H and O–H groups in total. The maximum atomic E-state index is 10.7. The van der Waals surface area contributed by atoms with Crippen molar-refractivity contribution in [1.82, 2.24) is 15.0 Å². The second-order valence-corrected chi connectivity index (χ2v) is 4.16. The Balaban J connectivity index is 2.06. The van der Waals surface area contributed by atoms with E-state index in [0.717, 1.165) is 22.8 Å². The molecule has 0 saturated heterocycles. The minimum atomic E-state index is -1.03. The van der Waals surface area contributed by atoms with Crippen LogP contribution in [0.2, 0.25) is 0 Å². The van der Waals surface area contributed by atoms with Gasteiger partial charge >= 0.3 is 5.97 Å². The standard InChI is InChI=1S/C13H14N4O2/c1-8-5-14-9(2)12(17-8)16-7-10-3-4-11(13(18)19)15-6-10/h3-6H,7H2,1-2H3,(H,16,17)(H,18,19). The highest BCUT2D eigenvalue weighted by molar-refractivity contribution is 5.85. The van der Waals surface area contributed by atoms with E-state index in [1.165, 1.54) is 12.3 Å². The van der Waals surface area contributed by atoms with Crippen LogP contribution in [0.4, 0.5) is 5.82 Å². The molecule has 2 aromatic rings. The van der Waals surface area contributed by atoms with E-state index in [2.05, 4.69) is 20.3 Å². The molecule has 6 nitrogen and oxygen atoms in total. The van der Waals surface area contributed by atoms with Gasteiger partial charge in [-0.05, 0) is 25.5 Å². The molecular weight excluding hydrogens is 244 g/mol. The molecule has 0 aromatic carbocycles. The zero-order valence-electron chi connectivity index (χ0n) is 10.7. The Hall–Kier alpha value is -2.50. The van der Waals surface area contributed by atoms with E-state index < -0.39 is 5.97 Å². The quantitative estimate of drug-likeness (QED) is 0.869. The zero-order chi connectivity index (χ0) is 13.8. The number of pyridine rings is 1. The maximum absolute atomic E-state index is 10.7. The molecule has 0 aliphatic carbocycles. The summed E-state index contributed by atoms with van der Waals surface area (Å²) in [6.07, 6.45) is 3.25. The molecule has 0 radical (unpaired) electrons. The molecule has 0 atom stereocenters. The predicted octanol–water partition coefficient (Wildman–Crippen LogP) is 1.80. The average molecular weight is 258 g/mol. The van der Waals surface area contributed by atoms with Gasteiger partial charge in [0, 0.05) is 18.9 Å². The second kappa shape index (κ2) is 5.43. The fourth-order valence-corrected chi connectivity index (χ4v) is 1.55. The molecule has 2 aromatic heterocycles. The van der Waals surface area contributed by atoms with Crippen molar-refractivity contribution in [2.24, 2.45) is 0 Å². The lowest BCUT2D eigenvalue weighted by atomic mass is 10.2. The van der Waals surface area contributed by atoms with Crippen molar-refractivity contribution < 1.29 is 9.90 Å². The van der Waals surface area contributed by atoms with Gasteiger partial charge in [0.2, 0.25) is 0 Å². The van der Waals surface area contributed by atoms with Crippen LogP contribution in [0.5, 0.6) is 0 Å². The first-order valence-electron chi connectivity index (χ1n) is 5.78. The molecule has 0 aliphatic rings. The van der Waals surface area contributed by atoms with Crippen molar-refractivity contribution in [1.29, 1.82) is 0 Å². The number of aryl methyl sites for hydroxylation is 2. The highest BCUT2D eigenvalue weighted by Crippen LogP contribution is 2.10. The third-order valence-corrected chi connectivity index (χ3v) is 2.58. The lowest BCUT2D eigenvalue weighted by Crippen LogP contribution is -2.06. The second-order valence-electron chi connectivity index (χ2n) is 4.16. The van der Waals surface area contributed by atoms with Gasteiger partial charge in [-0.15, -0.1) is 0 Å². The number of anilines is 1. The number of carboxylic acids is 1. The summed E-state index contributed by atoms with van der Waals surface area (Å²) in [5.74, 6) is -0.304. The van der Waals surface area contributed by atoms with Crippen LogP contribution >= 0.6 is 0 Å². The van der Waals surface area contributed by atoms with Gasteiger partial charge in [-0.25, -0.2) is 14.8 Å². The SMILES string of the molecule is Cc1cnc(C)c(NCc2ccc(C(=O)O)nc2)n1. The van der Waals surface area contributed by atoms with Crippen molar-refractivity contribution in [2.75, 3.05) is 5.32 Å². The van der Waals surface area contributed by atoms with Gasteiger partial charge in [-0.2, -0.15) is 0 Å². The van der Waals surface area contributed by atoms with Crippen LogP contribution in [0.1, 0.15) is 27.4 Å². The average Bonchev–Trinajstić information content (AvgIpc) is 2.40. The van der Waals surface area contributed by atoms with Gasteiger partial charge in [-0.1, -0.05) is 6.07 Å². The first kappa shape index (κ1) is 12.9. The van der Waals surface area contributed by atoms with Crippen molar-refractivity contribution in [2.45, 2.75) is 20.4 Å². The van der Waals surface area contributed by atoms with E-state index in [1.807, 2.05) is 13.8 Å². The fourth-order valence-electron chi connectivity index (χ4n) is 1.55. The first-order chi connectivity index (χ1) is 9.06. The molecular formula is C13H14N4O2. The van der Waals surface area contributed by atoms with Crippen LogP contribution in [-0.2, 0) is 6.54 Å². The monoisotopic (exact) mass is 258 g/mol.